The third-order valence-corrected chi connectivity index (χ3v) is 6.16. The molecule has 0 aliphatic rings. The Morgan fingerprint density at radius 2 is 1.39 bits per heavy atom. The lowest BCUT2D eigenvalue weighted by Gasteiger charge is -2.31. The molecule has 2 aromatic carbocycles. The maximum Gasteiger partial charge on any atom is 0.446 e. The van der Waals surface area contributed by atoms with E-state index in [2.05, 4.69) is 0 Å². The van der Waals surface area contributed by atoms with Gasteiger partial charge in [-0.1, -0.05) is 12.1 Å². The molecule has 0 fully saturated rings. The van der Waals surface area contributed by atoms with Crippen molar-refractivity contribution in [1.82, 2.24) is 4.90 Å². The van der Waals surface area contributed by atoms with Gasteiger partial charge in [-0.05, 0) is 42.4 Å². The number of anilines is 2. The van der Waals surface area contributed by atoms with Gasteiger partial charge in [0.05, 0.1) is 16.9 Å². The number of rotatable bonds is 6. The Labute approximate surface area is 240 Å². The minimum absolute atomic E-state index is 0.0836. The molecule has 0 aromatic heterocycles. The van der Waals surface area contributed by atoms with Gasteiger partial charge in [-0.25, -0.2) is 8.78 Å². The second-order valence-corrected chi connectivity index (χ2v) is 9.83. The number of carbonyl (C=O) groups excluding carboxylic acids is 3. The summed E-state index contributed by atoms with van der Waals surface area (Å²) in [6.07, 6.45) is -18.3. The van der Waals surface area contributed by atoms with Crippen molar-refractivity contribution in [2.24, 2.45) is 0 Å². The van der Waals surface area contributed by atoms with Crippen LogP contribution in [0.4, 0.5) is 72.8 Å². The molecule has 21 heteroatoms. The number of benzene rings is 2. The zero-order valence-electron chi connectivity index (χ0n) is 21.5. The molecule has 2 aromatic rings. The van der Waals surface area contributed by atoms with Crippen LogP contribution in [0.1, 0.15) is 21.5 Å². The Kier molecular flexibility index (Phi) is 10.2. The first-order valence-electron chi connectivity index (χ1n) is 11.2. The van der Waals surface area contributed by atoms with Crippen molar-refractivity contribution >= 4 is 40.9 Å². The molecule has 2 rings (SSSR count). The molecule has 0 unspecified atom stereocenters. The molecule has 0 aliphatic heterocycles. The SMILES string of the molecule is Cc1cc(C(F)(C(F)(F)F)C(F)(F)F)cc(SC(F)(F)F)c1NC(=O)c1cccc(NC(=O)C(=O)N(C)CC(F)(F)F)c1F. The molecular formula is C23H15F14N3O3S. The van der Waals surface area contributed by atoms with E-state index in [1.54, 1.807) is 10.6 Å². The molecule has 44 heavy (non-hydrogen) atoms. The summed E-state index contributed by atoms with van der Waals surface area (Å²) in [6, 6.07) is 1.59. The minimum atomic E-state index is -6.69. The van der Waals surface area contributed by atoms with Gasteiger partial charge in [0.25, 0.3) is 5.91 Å². The van der Waals surface area contributed by atoms with E-state index < -0.39 is 111 Å². The number of amides is 3. The molecular weight excluding hydrogens is 664 g/mol. The van der Waals surface area contributed by atoms with Crippen LogP contribution in [0.25, 0.3) is 0 Å². The Hall–Kier alpha value is -3.78. The number of alkyl halides is 13. The first kappa shape index (κ1) is 36.4. The van der Waals surface area contributed by atoms with Gasteiger partial charge in [0.15, 0.2) is 5.82 Å². The van der Waals surface area contributed by atoms with Crippen LogP contribution in [-0.2, 0) is 15.3 Å². The summed E-state index contributed by atoms with van der Waals surface area (Å²) in [6.45, 7) is -1.27. The molecule has 2 N–H and O–H groups in total. The second-order valence-electron chi connectivity index (χ2n) is 8.72. The van der Waals surface area contributed by atoms with E-state index in [4.69, 9.17) is 0 Å². The lowest BCUT2D eigenvalue weighted by atomic mass is 9.92. The van der Waals surface area contributed by atoms with Crippen LogP contribution >= 0.6 is 11.8 Å². The molecule has 0 atom stereocenters. The van der Waals surface area contributed by atoms with E-state index in [9.17, 15) is 71.5 Å². The van der Waals surface area contributed by atoms with Crippen LogP contribution in [0.2, 0.25) is 0 Å². The lowest BCUT2D eigenvalue weighted by molar-refractivity contribution is -0.348. The molecule has 244 valence electrons. The van der Waals surface area contributed by atoms with Gasteiger partial charge in [-0.15, -0.1) is 0 Å². The van der Waals surface area contributed by atoms with Crippen LogP contribution in [0.15, 0.2) is 35.2 Å². The number of nitrogens with zero attached hydrogens (tertiary/aromatic N) is 1. The van der Waals surface area contributed by atoms with E-state index in [0.717, 1.165) is 6.07 Å². The fourth-order valence-electron chi connectivity index (χ4n) is 3.48. The zero-order chi connectivity index (χ0) is 34.2. The van der Waals surface area contributed by atoms with Crippen LogP contribution in [0.3, 0.4) is 0 Å². The first-order chi connectivity index (χ1) is 19.7. The number of nitrogens with one attached hydrogen (secondary N) is 2. The predicted octanol–water partition coefficient (Wildman–Crippen LogP) is 7.25. The third kappa shape index (κ3) is 8.23. The number of hydrogen-bond acceptors (Lipinski definition) is 4. The summed E-state index contributed by atoms with van der Waals surface area (Å²) in [5.74, 6) is -7.02. The summed E-state index contributed by atoms with van der Waals surface area (Å²) < 4.78 is 186. The molecule has 0 spiro atoms. The number of thioether (sulfide) groups is 1. The number of aryl methyl sites for hydroxylation is 1. The molecule has 0 saturated heterocycles. The molecule has 0 bridgehead atoms. The van der Waals surface area contributed by atoms with Gasteiger partial charge in [0, 0.05) is 17.5 Å². The smallest absolute Gasteiger partial charge is 0.328 e. The van der Waals surface area contributed by atoms with E-state index in [0.29, 0.717) is 26.1 Å². The summed E-state index contributed by atoms with van der Waals surface area (Å²) >= 11 is -1.33. The van der Waals surface area contributed by atoms with E-state index >= 15 is 4.39 Å². The van der Waals surface area contributed by atoms with E-state index in [-0.39, 0.29) is 11.0 Å². The number of hydrogen-bond donors (Lipinski definition) is 2. The lowest BCUT2D eigenvalue weighted by Crippen LogP contribution is -2.50. The Morgan fingerprint density at radius 1 is 0.841 bits per heavy atom. The van der Waals surface area contributed by atoms with Crippen LogP contribution in [-0.4, -0.2) is 60.3 Å². The van der Waals surface area contributed by atoms with E-state index in [1.165, 1.54) is 0 Å². The third-order valence-electron chi connectivity index (χ3n) is 5.39. The highest BCUT2D eigenvalue weighted by Crippen LogP contribution is 2.55. The molecule has 3 amide bonds. The van der Waals surface area contributed by atoms with Gasteiger partial charge in [-0.2, -0.15) is 52.7 Å². The highest BCUT2D eigenvalue weighted by Gasteiger charge is 2.73. The molecule has 0 radical (unpaired) electrons. The van der Waals surface area contributed by atoms with Crippen molar-refractivity contribution in [3.8, 4) is 0 Å². The first-order valence-corrected chi connectivity index (χ1v) is 12.0. The fourth-order valence-corrected chi connectivity index (χ4v) is 4.23. The number of halogens is 14. The fraction of sp³-hybridized carbons (Fsp3) is 0.348. The van der Waals surface area contributed by atoms with Gasteiger partial charge in [-0.3, -0.25) is 14.4 Å². The van der Waals surface area contributed by atoms with Gasteiger partial charge < -0.3 is 15.5 Å². The Morgan fingerprint density at radius 3 is 1.86 bits per heavy atom. The van der Waals surface area contributed by atoms with Gasteiger partial charge >= 0.3 is 41.5 Å². The highest BCUT2D eigenvalue weighted by atomic mass is 32.2. The van der Waals surface area contributed by atoms with Crippen LogP contribution < -0.4 is 10.6 Å². The average Bonchev–Trinajstić information content (AvgIpc) is 2.82. The largest absolute Gasteiger partial charge is 0.446 e. The summed E-state index contributed by atoms with van der Waals surface area (Å²) in [5, 5.41) is 3.25. The summed E-state index contributed by atoms with van der Waals surface area (Å²) in [4.78, 5) is 35.0. The van der Waals surface area contributed by atoms with Crippen molar-refractivity contribution < 1.29 is 75.8 Å². The topological polar surface area (TPSA) is 78.5 Å². The minimum Gasteiger partial charge on any atom is -0.328 e. The maximum atomic E-state index is 15.0. The normalized spacial score (nSPS) is 13.0. The van der Waals surface area contributed by atoms with Crippen molar-refractivity contribution in [3.05, 3.63) is 52.8 Å². The quantitative estimate of drug-likeness (QED) is 0.192. The van der Waals surface area contributed by atoms with Crippen molar-refractivity contribution in [3.63, 3.8) is 0 Å². The van der Waals surface area contributed by atoms with Crippen molar-refractivity contribution in [1.29, 1.82) is 0 Å². The summed E-state index contributed by atoms with van der Waals surface area (Å²) in [7, 11) is 0.580. The number of likely N-dealkylation sites (N-methyl/N-ethyl adjacent to an activating group) is 1. The van der Waals surface area contributed by atoms with Crippen molar-refractivity contribution in [2.45, 2.75) is 41.5 Å². The highest BCUT2D eigenvalue weighted by molar-refractivity contribution is 8.00. The van der Waals surface area contributed by atoms with Gasteiger partial charge in [0.2, 0.25) is 0 Å². The molecule has 6 nitrogen and oxygen atoms in total. The Balaban J connectivity index is 2.53. The Bertz CT molecular complexity index is 1420. The molecule has 0 heterocycles. The summed E-state index contributed by atoms with van der Waals surface area (Å²) in [5.41, 5.74) is -18.1. The van der Waals surface area contributed by atoms with Crippen molar-refractivity contribution in [2.75, 3.05) is 24.2 Å². The zero-order valence-corrected chi connectivity index (χ0v) is 22.3. The molecule has 0 saturated carbocycles. The predicted molar refractivity (Wildman–Crippen MR) is 125 cm³/mol. The van der Waals surface area contributed by atoms with Crippen LogP contribution in [0, 0.1) is 12.7 Å². The second kappa shape index (κ2) is 12.3. The molecule has 0 aliphatic carbocycles. The maximum absolute atomic E-state index is 15.0. The van der Waals surface area contributed by atoms with Gasteiger partial charge in [0.1, 0.15) is 6.54 Å². The van der Waals surface area contributed by atoms with Crippen LogP contribution in [0.5, 0.6) is 0 Å². The standard InChI is InChI=1S/C23H15F14N3O3S/c1-9-6-10(20(28,21(29,30)31)22(32,33)34)7-13(44-23(35,36)37)15(9)39-16(41)11-4-3-5-12(14(11)24)38-17(42)18(43)40(2)8-19(25,26)27/h3-7H,8H2,1-2H3,(H,38,42)(H,39,41). The van der Waals surface area contributed by atoms with E-state index in [1.807, 2.05) is 0 Å². The average molecular weight is 679 g/mol. The monoisotopic (exact) mass is 679 g/mol. The number of carbonyl (C=O) groups is 3.